The topological polar surface area (TPSA) is 95.6 Å². The van der Waals surface area contributed by atoms with Gasteiger partial charge in [-0.3, -0.25) is 4.79 Å². The Morgan fingerprint density at radius 1 is 1.33 bits per heavy atom. The highest BCUT2D eigenvalue weighted by atomic mass is 16.3. The lowest BCUT2D eigenvalue weighted by molar-refractivity contribution is -0.119. The molecule has 0 spiro atoms. The number of nitrogens with one attached hydrogen (secondary N) is 1. The summed E-state index contributed by atoms with van der Waals surface area (Å²) in [7, 11) is 0. The van der Waals surface area contributed by atoms with E-state index in [1.54, 1.807) is 12.1 Å². The summed E-state index contributed by atoms with van der Waals surface area (Å²) < 4.78 is 0. The van der Waals surface area contributed by atoms with Crippen LogP contribution in [0.5, 0.6) is 0 Å². The van der Waals surface area contributed by atoms with Crippen molar-refractivity contribution in [1.29, 1.82) is 0 Å². The summed E-state index contributed by atoms with van der Waals surface area (Å²) in [5.41, 5.74) is 8.82. The predicted molar refractivity (Wildman–Crippen MR) is 70.0 cm³/mol. The molecule has 18 heavy (non-hydrogen) atoms. The fourth-order valence-corrected chi connectivity index (χ4v) is 1.76. The summed E-state index contributed by atoms with van der Waals surface area (Å²) in [6.45, 7) is 5.06. The number of hydrogen-bond acceptors (Lipinski definition) is 4. The standard InChI is InChI=1S/C13H20N2O3/c1-7-4-10(5-8(2)12(7)14)13(18)11(17)6-15-9(3)16/h4-5,11,13,17-18H,6,14H2,1-3H3,(H,15,16). The van der Waals surface area contributed by atoms with E-state index in [2.05, 4.69) is 5.32 Å². The van der Waals surface area contributed by atoms with Gasteiger partial charge in [-0.15, -0.1) is 0 Å². The molecule has 2 unspecified atom stereocenters. The van der Waals surface area contributed by atoms with E-state index < -0.39 is 12.2 Å². The van der Waals surface area contributed by atoms with Crippen LogP contribution in [0.15, 0.2) is 12.1 Å². The van der Waals surface area contributed by atoms with Crippen molar-refractivity contribution in [1.82, 2.24) is 5.32 Å². The third kappa shape index (κ3) is 3.45. The Labute approximate surface area is 107 Å². The molecule has 0 heterocycles. The first-order valence-corrected chi connectivity index (χ1v) is 5.80. The molecule has 2 atom stereocenters. The summed E-state index contributed by atoms with van der Waals surface area (Å²) in [6.07, 6.45) is -2.09. The monoisotopic (exact) mass is 252 g/mol. The smallest absolute Gasteiger partial charge is 0.216 e. The normalized spacial score (nSPS) is 14.1. The van der Waals surface area contributed by atoms with Gasteiger partial charge in [0.1, 0.15) is 12.2 Å². The lowest BCUT2D eigenvalue weighted by Crippen LogP contribution is -2.34. The predicted octanol–water partition coefficient (Wildman–Crippen LogP) is 0.416. The van der Waals surface area contributed by atoms with E-state index in [0.29, 0.717) is 11.3 Å². The number of aryl methyl sites for hydroxylation is 2. The lowest BCUT2D eigenvalue weighted by atomic mass is 9.98. The molecule has 1 rings (SSSR count). The van der Waals surface area contributed by atoms with Crippen LogP contribution in [0.3, 0.4) is 0 Å². The Morgan fingerprint density at radius 3 is 2.28 bits per heavy atom. The largest absolute Gasteiger partial charge is 0.398 e. The van der Waals surface area contributed by atoms with Crippen LogP contribution in [0.1, 0.15) is 29.7 Å². The number of carbonyl (C=O) groups excluding carboxylic acids is 1. The van der Waals surface area contributed by atoms with Crippen LogP contribution >= 0.6 is 0 Å². The molecule has 0 aliphatic rings. The Kier molecular flexibility index (Phi) is 4.69. The molecule has 0 aromatic heterocycles. The molecule has 0 saturated carbocycles. The fourth-order valence-electron chi connectivity index (χ4n) is 1.76. The van der Waals surface area contributed by atoms with Gasteiger partial charge in [-0.05, 0) is 30.5 Å². The van der Waals surface area contributed by atoms with Crippen molar-refractivity contribution < 1.29 is 15.0 Å². The third-order valence-electron chi connectivity index (χ3n) is 2.88. The van der Waals surface area contributed by atoms with Gasteiger partial charge in [0.15, 0.2) is 0 Å². The zero-order chi connectivity index (χ0) is 13.9. The molecule has 0 aliphatic carbocycles. The Morgan fingerprint density at radius 2 is 1.83 bits per heavy atom. The highest BCUT2D eigenvalue weighted by molar-refractivity contribution is 5.72. The summed E-state index contributed by atoms with van der Waals surface area (Å²) >= 11 is 0. The first-order valence-electron chi connectivity index (χ1n) is 5.80. The third-order valence-corrected chi connectivity index (χ3v) is 2.88. The number of aliphatic hydroxyl groups is 2. The maximum Gasteiger partial charge on any atom is 0.216 e. The van der Waals surface area contributed by atoms with Crippen LogP contribution in [-0.4, -0.2) is 28.8 Å². The molecule has 0 bridgehead atoms. The zero-order valence-electron chi connectivity index (χ0n) is 10.9. The second kappa shape index (κ2) is 5.84. The molecule has 1 aromatic carbocycles. The highest BCUT2D eigenvalue weighted by Crippen LogP contribution is 2.24. The Bertz CT molecular complexity index is 423. The molecule has 0 saturated heterocycles. The van der Waals surface area contributed by atoms with Gasteiger partial charge in [-0.25, -0.2) is 0 Å². The van der Waals surface area contributed by atoms with Crippen LogP contribution in [0.2, 0.25) is 0 Å². The van der Waals surface area contributed by atoms with Crippen LogP contribution in [-0.2, 0) is 4.79 Å². The first kappa shape index (κ1) is 14.5. The number of carbonyl (C=O) groups is 1. The van der Waals surface area contributed by atoms with E-state index in [1.807, 2.05) is 13.8 Å². The second-order valence-electron chi connectivity index (χ2n) is 4.52. The number of aliphatic hydroxyl groups excluding tert-OH is 2. The minimum absolute atomic E-state index is 0.0129. The van der Waals surface area contributed by atoms with Crippen molar-refractivity contribution in [2.75, 3.05) is 12.3 Å². The molecule has 1 aromatic rings. The van der Waals surface area contributed by atoms with Gasteiger partial charge in [0.05, 0.1) is 0 Å². The van der Waals surface area contributed by atoms with E-state index in [9.17, 15) is 15.0 Å². The number of anilines is 1. The van der Waals surface area contributed by atoms with Crippen molar-refractivity contribution in [2.24, 2.45) is 0 Å². The summed E-state index contributed by atoms with van der Waals surface area (Å²) in [5, 5.41) is 22.2. The van der Waals surface area contributed by atoms with Crippen LogP contribution in [0.25, 0.3) is 0 Å². The molecule has 1 amide bonds. The molecule has 5 heteroatoms. The number of rotatable bonds is 4. The maximum atomic E-state index is 10.7. The Balaban J connectivity index is 2.83. The molecule has 0 radical (unpaired) electrons. The quantitative estimate of drug-likeness (QED) is 0.584. The van der Waals surface area contributed by atoms with Crippen molar-refractivity contribution in [3.05, 3.63) is 28.8 Å². The number of hydrogen-bond donors (Lipinski definition) is 4. The summed E-state index contributed by atoms with van der Waals surface area (Å²) in [6, 6.07) is 3.48. The molecule has 5 nitrogen and oxygen atoms in total. The molecule has 0 aliphatic heterocycles. The SMILES string of the molecule is CC(=O)NCC(O)C(O)c1cc(C)c(N)c(C)c1. The van der Waals surface area contributed by atoms with Crippen molar-refractivity contribution in [2.45, 2.75) is 33.0 Å². The summed E-state index contributed by atoms with van der Waals surface area (Å²) in [4.78, 5) is 10.7. The second-order valence-corrected chi connectivity index (χ2v) is 4.52. The van der Waals surface area contributed by atoms with Gasteiger partial charge in [-0.1, -0.05) is 12.1 Å². The molecule has 100 valence electrons. The number of amides is 1. The van der Waals surface area contributed by atoms with Crippen LogP contribution in [0.4, 0.5) is 5.69 Å². The van der Waals surface area contributed by atoms with Gasteiger partial charge in [0.25, 0.3) is 0 Å². The average molecular weight is 252 g/mol. The van der Waals surface area contributed by atoms with E-state index in [1.165, 1.54) is 6.92 Å². The lowest BCUT2D eigenvalue weighted by Gasteiger charge is -2.20. The first-order chi connectivity index (χ1) is 8.32. The highest BCUT2D eigenvalue weighted by Gasteiger charge is 2.19. The van der Waals surface area contributed by atoms with Crippen LogP contribution < -0.4 is 11.1 Å². The number of benzene rings is 1. The van der Waals surface area contributed by atoms with Crippen molar-refractivity contribution in [3.8, 4) is 0 Å². The van der Waals surface area contributed by atoms with Gasteiger partial charge >= 0.3 is 0 Å². The van der Waals surface area contributed by atoms with Gasteiger partial charge in [0.2, 0.25) is 5.91 Å². The van der Waals surface area contributed by atoms with Gasteiger partial charge < -0.3 is 21.3 Å². The minimum Gasteiger partial charge on any atom is -0.398 e. The fraction of sp³-hybridized carbons (Fsp3) is 0.462. The maximum absolute atomic E-state index is 10.7. The molecule has 5 N–H and O–H groups in total. The molecular weight excluding hydrogens is 232 g/mol. The van der Waals surface area contributed by atoms with Gasteiger partial charge in [-0.2, -0.15) is 0 Å². The van der Waals surface area contributed by atoms with E-state index in [4.69, 9.17) is 5.73 Å². The van der Waals surface area contributed by atoms with E-state index >= 15 is 0 Å². The molecular formula is C13H20N2O3. The van der Waals surface area contributed by atoms with E-state index in [-0.39, 0.29) is 12.5 Å². The Hall–Kier alpha value is -1.59. The van der Waals surface area contributed by atoms with E-state index in [0.717, 1.165) is 11.1 Å². The van der Waals surface area contributed by atoms with Gasteiger partial charge in [0, 0.05) is 19.2 Å². The number of nitrogens with two attached hydrogens (primary N) is 1. The van der Waals surface area contributed by atoms with Crippen molar-refractivity contribution in [3.63, 3.8) is 0 Å². The van der Waals surface area contributed by atoms with Crippen LogP contribution in [0, 0.1) is 13.8 Å². The molecule has 0 fully saturated rings. The zero-order valence-corrected chi connectivity index (χ0v) is 10.9. The minimum atomic E-state index is -1.05. The van der Waals surface area contributed by atoms with Crippen molar-refractivity contribution >= 4 is 11.6 Å². The average Bonchev–Trinajstić information content (AvgIpc) is 2.31. The summed E-state index contributed by atoms with van der Waals surface area (Å²) in [5.74, 6) is -0.245. The number of nitrogen functional groups attached to an aromatic ring is 1.